The Labute approximate surface area is 97.0 Å². The van der Waals surface area contributed by atoms with Gasteiger partial charge in [0, 0.05) is 11.3 Å². The summed E-state index contributed by atoms with van der Waals surface area (Å²) in [6.07, 6.45) is 0.382. The molecule has 16 heavy (non-hydrogen) atoms. The molecule has 84 valence electrons. The predicted octanol–water partition coefficient (Wildman–Crippen LogP) is 1.96. The van der Waals surface area contributed by atoms with Gasteiger partial charge in [0.1, 0.15) is 0 Å². The molecule has 1 atom stereocenters. The van der Waals surface area contributed by atoms with E-state index in [0.717, 1.165) is 10.6 Å². The summed E-state index contributed by atoms with van der Waals surface area (Å²) in [7, 11) is 0. The largest absolute Gasteiger partial charge is 0.481 e. The Bertz CT molecular complexity index is 433. The predicted molar refractivity (Wildman–Crippen MR) is 61.6 cm³/mol. The molecule has 1 aromatic carbocycles. The summed E-state index contributed by atoms with van der Waals surface area (Å²) in [4.78, 5) is 23.1. The van der Waals surface area contributed by atoms with Crippen LogP contribution in [0.2, 0.25) is 0 Å². The fourth-order valence-electron chi connectivity index (χ4n) is 1.54. The molecule has 1 aromatic rings. The summed E-state index contributed by atoms with van der Waals surface area (Å²) in [5.74, 6) is -0.975. The highest BCUT2D eigenvalue weighted by Gasteiger charge is 2.26. The molecule has 0 radical (unpaired) electrons. The van der Waals surface area contributed by atoms with E-state index in [0.29, 0.717) is 6.42 Å². The molecule has 2 N–H and O–H groups in total. The smallest absolute Gasteiger partial charge is 0.303 e. The zero-order chi connectivity index (χ0) is 11.5. The standard InChI is InChI=1S/C11H11NO3S/c13-10(14)6-5-9-11(15)12-7-3-1-2-4-8(7)16-9/h1-4,9H,5-6H2,(H,12,15)(H,13,14). The molecule has 0 saturated carbocycles. The summed E-state index contributed by atoms with van der Waals surface area (Å²) < 4.78 is 0. The van der Waals surface area contributed by atoms with Gasteiger partial charge in [-0.05, 0) is 18.6 Å². The number of para-hydroxylation sites is 1. The van der Waals surface area contributed by atoms with Gasteiger partial charge in [0.15, 0.2) is 0 Å². The van der Waals surface area contributed by atoms with Gasteiger partial charge < -0.3 is 10.4 Å². The summed E-state index contributed by atoms with van der Waals surface area (Å²) >= 11 is 1.43. The van der Waals surface area contributed by atoms with Gasteiger partial charge in [0.25, 0.3) is 0 Å². The van der Waals surface area contributed by atoms with Crippen molar-refractivity contribution in [3.8, 4) is 0 Å². The van der Waals surface area contributed by atoms with Crippen molar-refractivity contribution < 1.29 is 14.7 Å². The molecule has 2 rings (SSSR count). The third kappa shape index (κ3) is 2.36. The van der Waals surface area contributed by atoms with Crippen molar-refractivity contribution >= 4 is 29.3 Å². The number of carboxylic acids is 1. The second kappa shape index (κ2) is 4.57. The SMILES string of the molecule is O=C(O)CCC1Sc2ccccc2NC1=O. The van der Waals surface area contributed by atoms with Gasteiger partial charge in [-0.15, -0.1) is 11.8 Å². The van der Waals surface area contributed by atoms with Crippen LogP contribution in [0.4, 0.5) is 5.69 Å². The number of benzene rings is 1. The minimum Gasteiger partial charge on any atom is -0.481 e. The van der Waals surface area contributed by atoms with Crippen LogP contribution in [0.25, 0.3) is 0 Å². The topological polar surface area (TPSA) is 66.4 Å². The Morgan fingerprint density at radius 3 is 2.94 bits per heavy atom. The monoisotopic (exact) mass is 237 g/mol. The van der Waals surface area contributed by atoms with Crippen molar-refractivity contribution in [2.24, 2.45) is 0 Å². The molecule has 0 spiro atoms. The Kier molecular flexibility index (Phi) is 3.14. The van der Waals surface area contributed by atoms with E-state index in [1.807, 2.05) is 24.3 Å². The van der Waals surface area contributed by atoms with Gasteiger partial charge in [-0.1, -0.05) is 12.1 Å². The first-order chi connectivity index (χ1) is 7.66. The minimum atomic E-state index is -0.868. The maximum absolute atomic E-state index is 11.6. The van der Waals surface area contributed by atoms with Crippen LogP contribution < -0.4 is 5.32 Å². The van der Waals surface area contributed by atoms with E-state index in [1.54, 1.807) is 0 Å². The lowest BCUT2D eigenvalue weighted by atomic mass is 10.2. The van der Waals surface area contributed by atoms with Crippen molar-refractivity contribution in [2.75, 3.05) is 5.32 Å². The summed E-state index contributed by atoms with van der Waals surface area (Å²) in [5, 5.41) is 11.1. The summed E-state index contributed by atoms with van der Waals surface area (Å²) in [6.45, 7) is 0. The highest BCUT2D eigenvalue weighted by Crippen LogP contribution is 2.36. The van der Waals surface area contributed by atoms with Crippen LogP contribution >= 0.6 is 11.8 Å². The fourth-order valence-corrected chi connectivity index (χ4v) is 2.65. The zero-order valence-electron chi connectivity index (χ0n) is 8.47. The lowest BCUT2D eigenvalue weighted by Gasteiger charge is -2.23. The first-order valence-electron chi connectivity index (χ1n) is 4.95. The molecule has 1 aliphatic heterocycles. The highest BCUT2D eigenvalue weighted by molar-refractivity contribution is 8.01. The number of anilines is 1. The normalized spacial score (nSPS) is 18.8. The number of carbonyl (C=O) groups is 2. The quantitative estimate of drug-likeness (QED) is 0.843. The van der Waals surface area contributed by atoms with Crippen molar-refractivity contribution in [3.05, 3.63) is 24.3 Å². The van der Waals surface area contributed by atoms with Crippen molar-refractivity contribution in [2.45, 2.75) is 23.0 Å². The van der Waals surface area contributed by atoms with Crippen LogP contribution in [0.15, 0.2) is 29.2 Å². The number of thioether (sulfide) groups is 1. The molecular weight excluding hydrogens is 226 g/mol. The molecule has 0 aromatic heterocycles. The van der Waals surface area contributed by atoms with E-state index in [1.165, 1.54) is 11.8 Å². The van der Waals surface area contributed by atoms with Gasteiger partial charge in [-0.25, -0.2) is 0 Å². The number of amides is 1. The number of rotatable bonds is 3. The van der Waals surface area contributed by atoms with Crippen molar-refractivity contribution in [1.29, 1.82) is 0 Å². The van der Waals surface area contributed by atoms with Gasteiger partial charge >= 0.3 is 5.97 Å². The van der Waals surface area contributed by atoms with E-state index in [-0.39, 0.29) is 17.6 Å². The molecule has 0 aliphatic carbocycles. The second-order valence-electron chi connectivity index (χ2n) is 3.52. The van der Waals surface area contributed by atoms with Crippen LogP contribution in [0.3, 0.4) is 0 Å². The number of aliphatic carboxylic acids is 1. The first-order valence-corrected chi connectivity index (χ1v) is 5.83. The Morgan fingerprint density at radius 1 is 1.44 bits per heavy atom. The van der Waals surface area contributed by atoms with E-state index in [4.69, 9.17) is 5.11 Å². The Hall–Kier alpha value is -1.49. The third-order valence-corrected chi connectivity index (χ3v) is 3.67. The first kappa shape index (κ1) is 11.0. The number of nitrogens with one attached hydrogen (secondary N) is 1. The van der Waals surface area contributed by atoms with E-state index in [2.05, 4.69) is 5.32 Å². The molecule has 5 heteroatoms. The van der Waals surface area contributed by atoms with Gasteiger partial charge in [-0.2, -0.15) is 0 Å². The zero-order valence-corrected chi connectivity index (χ0v) is 9.29. The fraction of sp³-hybridized carbons (Fsp3) is 0.273. The van der Waals surface area contributed by atoms with Crippen LogP contribution in [0.1, 0.15) is 12.8 Å². The molecule has 4 nitrogen and oxygen atoms in total. The van der Waals surface area contributed by atoms with Crippen molar-refractivity contribution in [3.63, 3.8) is 0 Å². The van der Waals surface area contributed by atoms with Gasteiger partial charge in [0.05, 0.1) is 10.9 Å². The van der Waals surface area contributed by atoms with Crippen LogP contribution in [-0.4, -0.2) is 22.2 Å². The van der Waals surface area contributed by atoms with Gasteiger partial charge in [-0.3, -0.25) is 9.59 Å². The number of fused-ring (bicyclic) bond motifs is 1. The van der Waals surface area contributed by atoms with E-state index >= 15 is 0 Å². The summed E-state index contributed by atoms with van der Waals surface area (Å²) in [6, 6.07) is 7.52. The third-order valence-electron chi connectivity index (χ3n) is 2.33. The Morgan fingerprint density at radius 2 is 2.19 bits per heavy atom. The molecule has 1 aliphatic rings. The second-order valence-corrected chi connectivity index (χ2v) is 4.77. The van der Waals surface area contributed by atoms with E-state index in [9.17, 15) is 9.59 Å². The molecule has 1 amide bonds. The number of carboxylic acid groups (broad SMARTS) is 1. The lowest BCUT2D eigenvalue weighted by molar-refractivity contribution is -0.137. The molecule has 0 fully saturated rings. The van der Waals surface area contributed by atoms with Crippen molar-refractivity contribution in [1.82, 2.24) is 0 Å². The van der Waals surface area contributed by atoms with Crippen LogP contribution in [-0.2, 0) is 9.59 Å². The van der Waals surface area contributed by atoms with E-state index < -0.39 is 5.97 Å². The molecular formula is C11H11NO3S. The molecule has 1 heterocycles. The lowest BCUT2D eigenvalue weighted by Crippen LogP contribution is -2.29. The Balaban J connectivity index is 2.09. The maximum Gasteiger partial charge on any atom is 0.303 e. The average molecular weight is 237 g/mol. The maximum atomic E-state index is 11.6. The highest BCUT2D eigenvalue weighted by atomic mass is 32.2. The number of carbonyl (C=O) groups excluding carboxylic acids is 1. The number of hydrogen-bond acceptors (Lipinski definition) is 3. The van der Waals surface area contributed by atoms with Gasteiger partial charge in [0.2, 0.25) is 5.91 Å². The molecule has 1 unspecified atom stereocenters. The minimum absolute atomic E-state index is 0.0211. The summed E-state index contributed by atoms with van der Waals surface area (Å²) in [5.41, 5.74) is 0.809. The van der Waals surface area contributed by atoms with Crippen LogP contribution in [0.5, 0.6) is 0 Å². The molecule has 0 bridgehead atoms. The number of hydrogen-bond donors (Lipinski definition) is 2. The molecule has 0 saturated heterocycles. The van der Waals surface area contributed by atoms with Crippen LogP contribution in [0, 0.1) is 0 Å². The average Bonchev–Trinajstić information content (AvgIpc) is 2.26.